The Morgan fingerprint density at radius 2 is 2.18 bits per heavy atom. The summed E-state index contributed by atoms with van der Waals surface area (Å²) in [6.45, 7) is 3.77. The zero-order chi connectivity index (χ0) is 12.6. The van der Waals surface area contributed by atoms with E-state index in [0.717, 1.165) is 10.2 Å². The number of amides is 2. The summed E-state index contributed by atoms with van der Waals surface area (Å²) in [7, 11) is 0. The maximum Gasteiger partial charge on any atom is 0.233 e. The number of nitrogens with zero attached hydrogens (tertiary/aromatic N) is 1. The Labute approximate surface area is 108 Å². The number of imide groups is 1. The monoisotopic (exact) mass is 296 g/mol. The number of carbonyl (C=O) groups excluding carboxylic acids is 2. The first-order valence-corrected chi connectivity index (χ1v) is 6.18. The van der Waals surface area contributed by atoms with E-state index in [1.807, 2.05) is 26.0 Å². The highest BCUT2D eigenvalue weighted by atomic mass is 79.9. The van der Waals surface area contributed by atoms with Crippen molar-refractivity contribution in [2.75, 3.05) is 0 Å². The summed E-state index contributed by atoms with van der Waals surface area (Å²) in [4.78, 5) is 27.3. The van der Waals surface area contributed by atoms with Crippen LogP contribution >= 0.6 is 15.9 Å². The molecule has 2 atom stereocenters. The van der Waals surface area contributed by atoms with Gasteiger partial charge < -0.3 is 0 Å². The molecule has 0 saturated carbocycles. The molecule has 0 spiro atoms. The van der Waals surface area contributed by atoms with Crippen molar-refractivity contribution in [3.63, 3.8) is 0 Å². The maximum absolute atomic E-state index is 11.8. The molecule has 1 saturated heterocycles. The van der Waals surface area contributed by atoms with E-state index in [1.165, 1.54) is 0 Å². The van der Waals surface area contributed by atoms with E-state index in [4.69, 9.17) is 0 Å². The molecule has 90 valence electrons. The Morgan fingerprint density at radius 1 is 1.47 bits per heavy atom. The fraction of sp³-hybridized carbons (Fsp3) is 0.417. The topological polar surface area (TPSA) is 59.1 Å². The number of hydrogen-bond donors (Lipinski definition) is 1. The third-order valence-corrected chi connectivity index (χ3v) is 3.97. The molecule has 1 aliphatic heterocycles. The molecule has 1 aromatic rings. The summed E-state index contributed by atoms with van der Waals surface area (Å²) >= 11 is 3.27. The van der Waals surface area contributed by atoms with Crippen molar-refractivity contribution >= 4 is 27.7 Å². The lowest BCUT2D eigenvalue weighted by molar-refractivity contribution is -0.128. The van der Waals surface area contributed by atoms with Crippen molar-refractivity contribution in [3.05, 3.63) is 28.5 Å². The van der Waals surface area contributed by atoms with Crippen molar-refractivity contribution < 1.29 is 9.59 Å². The Hall–Kier alpha value is -1.23. The number of rotatable bonds is 2. The molecule has 5 heteroatoms. The first-order valence-electron chi connectivity index (χ1n) is 5.39. The summed E-state index contributed by atoms with van der Waals surface area (Å²) in [5.41, 5.74) is 0.285. The molecular formula is C12H13BrN2O2. The van der Waals surface area contributed by atoms with Gasteiger partial charge in [0.1, 0.15) is 4.60 Å². The van der Waals surface area contributed by atoms with E-state index in [-0.39, 0.29) is 24.2 Å². The number of nitrogens with one attached hydrogen (secondary N) is 1. The largest absolute Gasteiger partial charge is 0.296 e. The van der Waals surface area contributed by atoms with Crippen LogP contribution in [-0.4, -0.2) is 16.8 Å². The van der Waals surface area contributed by atoms with Gasteiger partial charge in [0.05, 0.1) is 5.41 Å². The Morgan fingerprint density at radius 3 is 2.65 bits per heavy atom. The normalized spacial score (nSPS) is 25.8. The van der Waals surface area contributed by atoms with Gasteiger partial charge in [0.2, 0.25) is 11.8 Å². The van der Waals surface area contributed by atoms with Crippen molar-refractivity contribution in [3.8, 4) is 0 Å². The molecule has 2 rings (SSSR count). The van der Waals surface area contributed by atoms with Crippen LogP contribution in [0, 0.1) is 5.41 Å². The number of hydrogen-bond acceptors (Lipinski definition) is 3. The molecule has 17 heavy (non-hydrogen) atoms. The molecule has 4 nitrogen and oxygen atoms in total. The third-order valence-electron chi connectivity index (χ3n) is 3.51. The highest BCUT2D eigenvalue weighted by molar-refractivity contribution is 9.10. The van der Waals surface area contributed by atoms with Crippen LogP contribution in [-0.2, 0) is 9.59 Å². The summed E-state index contributed by atoms with van der Waals surface area (Å²) in [6.07, 6.45) is 1.97. The molecule has 1 fully saturated rings. The molecular weight excluding hydrogens is 284 g/mol. The molecule has 1 aromatic heterocycles. The van der Waals surface area contributed by atoms with Gasteiger partial charge in [0, 0.05) is 12.6 Å². The third kappa shape index (κ3) is 2.11. The highest BCUT2D eigenvalue weighted by Gasteiger charge is 2.47. The Balaban J connectivity index is 2.31. The second kappa shape index (κ2) is 4.22. The zero-order valence-corrected chi connectivity index (χ0v) is 11.2. The summed E-state index contributed by atoms with van der Waals surface area (Å²) in [6, 6.07) is 3.76. The van der Waals surface area contributed by atoms with Gasteiger partial charge in [-0.2, -0.15) is 0 Å². The van der Waals surface area contributed by atoms with Crippen LogP contribution in [0.3, 0.4) is 0 Å². The quantitative estimate of drug-likeness (QED) is 0.671. The molecule has 0 radical (unpaired) electrons. The van der Waals surface area contributed by atoms with E-state index < -0.39 is 5.41 Å². The van der Waals surface area contributed by atoms with Crippen molar-refractivity contribution in [1.82, 2.24) is 10.3 Å². The Bertz CT molecular complexity index is 472. The van der Waals surface area contributed by atoms with Crippen molar-refractivity contribution in [2.24, 2.45) is 5.41 Å². The van der Waals surface area contributed by atoms with Gasteiger partial charge in [-0.15, -0.1) is 0 Å². The average molecular weight is 297 g/mol. The highest BCUT2D eigenvalue weighted by Crippen LogP contribution is 2.41. The molecule has 1 aliphatic rings. The van der Waals surface area contributed by atoms with Gasteiger partial charge >= 0.3 is 0 Å². The molecule has 0 aromatic carbocycles. The second-order valence-electron chi connectivity index (χ2n) is 4.61. The van der Waals surface area contributed by atoms with Crippen molar-refractivity contribution in [1.29, 1.82) is 0 Å². The molecule has 0 bridgehead atoms. The molecule has 0 aliphatic carbocycles. The average Bonchev–Trinajstić information content (AvgIpc) is 2.54. The first kappa shape index (κ1) is 12.2. The van der Waals surface area contributed by atoms with Crippen LogP contribution in [0.25, 0.3) is 0 Å². The lowest BCUT2D eigenvalue weighted by Crippen LogP contribution is -2.33. The number of pyridine rings is 1. The predicted octanol–water partition coefficient (Wildman–Crippen LogP) is 2.00. The van der Waals surface area contributed by atoms with Crippen LogP contribution in [0.5, 0.6) is 0 Å². The molecule has 0 unspecified atom stereocenters. The van der Waals surface area contributed by atoms with E-state index in [0.29, 0.717) is 0 Å². The van der Waals surface area contributed by atoms with Crippen LogP contribution in [0.4, 0.5) is 0 Å². The van der Waals surface area contributed by atoms with Gasteiger partial charge in [0.25, 0.3) is 0 Å². The second-order valence-corrected chi connectivity index (χ2v) is 5.42. The van der Waals surface area contributed by atoms with Gasteiger partial charge in [-0.3, -0.25) is 14.9 Å². The van der Waals surface area contributed by atoms with Gasteiger partial charge in [-0.25, -0.2) is 4.98 Å². The molecule has 1 N–H and O–H groups in total. The van der Waals surface area contributed by atoms with Crippen LogP contribution in [0.15, 0.2) is 22.9 Å². The van der Waals surface area contributed by atoms with Crippen LogP contribution in [0.2, 0.25) is 0 Å². The van der Waals surface area contributed by atoms with Crippen LogP contribution < -0.4 is 5.32 Å². The molecule has 2 amide bonds. The Kier molecular flexibility index (Phi) is 3.03. The minimum Gasteiger partial charge on any atom is -0.296 e. The number of aromatic nitrogens is 1. The summed E-state index contributed by atoms with van der Waals surface area (Å²) in [5, 5.41) is 2.36. The smallest absolute Gasteiger partial charge is 0.233 e. The lowest BCUT2D eigenvalue weighted by Gasteiger charge is -2.27. The first-order chi connectivity index (χ1) is 7.93. The van der Waals surface area contributed by atoms with Gasteiger partial charge in [0.15, 0.2) is 0 Å². The summed E-state index contributed by atoms with van der Waals surface area (Å²) in [5.74, 6) is -0.443. The molecule has 2 heterocycles. The van der Waals surface area contributed by atoms with Crippen LogP contribution in [0.1, 0.15) is 31.7 Å². The summed E-state index contributed by atoms with van der Waals surface area (Å²) < 4.78 is 0.755. The minimum atomic E-state index is -0.674. The number of halogens is 1. The van der Waals surface area contributed by atoms with E-state index >= 15 is 0 Å². The predicted molar refractivity (Wildman–Crippen MR) is 66.2 cm³/mol. The number of carbonyl (C=O) groups is 2. The van der Waals surface area contributed by atoms with Crippen molar-refractivity contribution in [2.45, 2.75) is 26.2 Å². The van der Waals surface area contributed by atoms with E-state index in [2.05, 4.69) is 26.2 Å². The fourth-order valence-corrected chi connectivity index (χ4v) is 2.32. The van der Waals surface area contributed by atoms with E-state index in [1.54, 1.807) is 6.20 Å². The fourth-order valence-electron chi connectivity index (χ4n) is 2.09. The SMILES string of the molecule is C[C@H](c1ccc(Br)nc1)[C@]1(C)CC(=O)NC1=O. The van der Waals surface area contributed by atoms with E-state index in [9.17, 15) is 9.59 Å². The van der Waals surface area contributed by atoms with Gasteiger partial charge in [-0.05, 0) is 40.4 Å². The maximum atomic E-state index is 11.8. The standard InChI is InChI=1S/C12H13BrN2O2/c1-7(8-3-4-9(13)14-6-8)12(2)5-10(16)15-11(12)17/h3-4,6-7H,5H2,1-2H3,(H,15,16,17)/t7-,12+/m1/s1. The van der Waals surface area contributed by atoms with Gasteiger partial charge in [-0.1, -0.05) is 13.0 Å². The lowest BCUT2D eigenvalue weighted by atomic mass is 9.73. The zero-order valence-electron chi connectivity index (χ0n) is 9.66. The minimum absolute atomic E-state index is 0.0467.